The Hall–Kier alpha value is -3.02. The summed E-state index contributed by atoms with van der Waals surface area (Å²) in [5.74, 6) is -1.37. The number of carboxylic acids is 2. The minimum atomic E-state index is -1.35. The van der Waals surface area contributed by atoms with Crippen molar-refractivity contribution in [2.75, 3.05) is 7.11 Å². The van der Waals surface area contributed by atoms with Crippen LogP contribution >= 0.6 is 0 Å². The molecule has 1 atom stereocenters. The maximum Gasteiger partial charge on any atom is 0.318 e. The molecular formula is C25H32O6. The van der Waals surface area contributed by atoms with Crippen molar-refractivity contribution in [3.63, 3.8) is 0 Å². The third-order valence-electron chi connectivity index (χ3n) is 5.74. The first kappa shape index (κ1) is 24.3. The zero-order valence-corrected chi connectivity index (χ0v) is 18.0. The van der Waals surface area contributed by atoms with E-state index < -0.39 is 17.4 Å². The first-order valence-electron chi connectivity index (χ1n) is 10.8. The summed E-state index contributed by atoms with van der Waals surface area (Å²) >= 11 is 0. The normalized spacial score (nSPS) is 12.8. The van der Waals surface area contributed by atoms with E-state index in [1.54, 1.807) is 24.3 Å². The van der Waals surface area contributed by atoms with Crippen LogP contribution in [0, 0.1) is 0 Å². The Kier molecular flexibility index (Phi) is 9.38. The van der Waals surface area contributed by atoms with Crippen LogP contribution in [0.15, 0.2) is 48.5 Å². The predicted molar refractivity (Wildman–Crippen MR) is 119 cm³/mol. The van der Waals surface area contributed by atoms with Crippen LogP contribution in [0.5, 0.6) is 11.5 Å². The van der Waals surface area contributed by atoms with Gasteiger partial charge in [-0.3, -0.25) is 9.59 Å². The van der Waals surface area contributed by atoms with Crippen LogP contribution in [0.25, 0.3) is 0 Å². The van der Waals surface area contributed by atoms with E-state index in [9.17, 15) is 19.8 Å². The molecule has 31 heavy (non-hydrogen) atoms. The van der Waals surface area contributed by atoms with Crippen LogP contribution in [0.1, 0.15) is 68.9 Å². The highest BCUT2D eigenvalue weighted by Crippen LogP contribution is 2.43. The summed E-state index contributed by atoms with van der Waals surface area (Å²) in [5.41, 5.74) is -0.351. The molecule has 0 saturated carbocycles. The second-order valence-electron chi connectivity index (χ2n) is 7.83. The number of benzene rings is 2. The molecule has 0 aromatic heterocycles. The van der Waals surface area contributed by atoms with Gasteiger partial charge in [0.05, 0.1) is 7.11 Å². The monoisotopic (exact) mass is 428 g/mol. The second kappa shape index (κ2) is 12.0. The molecule has 0 aliphatic heterocycles. The Morgan fingerprint density at radius 1 is 0.871 bits per heavy atom. The van der Waals surface area contributed by atoms with Gasteiger partial charge in [-0.2, -0.15) is 0 Å². The lowest BCUT2D eigenvalue weighted by Gasteiger charge is -2.31. The third kappa shape index (κ3) is 6.48. The van der Waals surface area contributed by atoms with Gasteiger partial charge in [-0.1, -0.05) is 74.9 Å². The molecule has 6 heteroatoms. The molecule has 6 nitrogen and oxygen atoms in total. The number of hydrogen-bond donors (Lipinski definition) is 3. The molecule has 168 valence electrons. The maximum absolute atomic E-state index is 12.6. The van der Waals surface area contributed by atoms with E-state index in [4.69, 9.17) is 9.84 Å². The van der Waals surface area contributed by atoms with Gasteiger partial charge in [-0.15, -0.1) is 0 Å². The summed E-state index contributed by atoms with van der Waals surface area (Å²) in [4.78, 5) is 23.2. The Labute approximate surface area is 183 Å². The SMILES string of the molecule is COc1ccc(C(CCCCCCCCCC(=O)O)(C(=O)O)c2ccccc2)c(O)c1. The second-order valence-corrected chi connectivity index (χ2v) is 7.83. The van der Waals surface area contributed by atoms with Gasteiger partial charge in [-0.25, -0.2) is 0 Å². The van der Waals surface area contributed by atoms with Crippen molar-refractivity contribution in [1.29, 1.82) is 0 Å². The number of phenolic OH excluding ortho intramolecular Hbond substituents is 1. The summed E-state index contributed by atoms with van der Waals surface area (Å²) in [6.07, 6.45) is 6.69. The van der Waals surface area contributed by atoms with Crippen molar-refractivity contribution in [3.05, 3.63) is 59.7 Å². The smallest absolute Gasteiger partial charge is 0.318 e. The number of aliphatic carboxylic acids is 2. The lowest BCUT2D eigenvalue weighted by atomic mass is 9.70. The topological polar surface area (TPSA) is 104 Å². The van der Waals surface area contributed by atoms with Crippen molar-refractivity contribution < 1.29 is 29.6 Å². The van der Waals surface area contributed by atoms with E-state index in [0.717, 1.165) is 32.1 Å². The Morgan fingerprint density at radius 2 is 1.48 bits per heavy atom. The highest BCUT2D eigenvalue weighted by molar-refractivity contribution is 5.87. The van der Waals surface area contributed by atoms with Crippen molar-refractivity contribution in [2.45, 2.75) is 63.2 Å². The Morgan fingerprint density at radius 3 is 2.03 bits per heavy atom. The van der Waals surface area contributed by atoms with Crippen LogP contribution in [0.3, 0.4) is 0 Å². The number of phenols is 1. The summed E-state index contributed by atoms with van der Waals surface area (Å²) in [5, 5.41) is 29.7. The van der Waals surface area contributed by atoms with E-state index in [1.807, 2.05) is 18.2 Å². The van der Waals surface area contributed by atoms with E-state index in [0.29, 0.717) is 36.1 Å². The Bertz CT molecular complexity index is 848. The fourth-order valence-corrected chi connectivity index (χ4v) is 4.05. The summed E-state index contributed by atoms with van der Waals surface area (Å²) < 4.78 is 5.16. The maximum atomic E-state index is 12.6. The average Bonchev–Trinajstić information content (AvgIpc) is 2.76. The van der Waals surface area contributed by atoms with Crippen LogP contribution in [0.2, 0.25) is 0 Å². The molecule has 0 saturated heterocycles. The van der Waals surface area contributed by atoms with E-state index in [-0.39, 0.29) is 12.2 Å². The molecule has 2 aromatic carbocycles. The third-order valence-corrected chi connectivity index (χ3v) is 5.74. The zero-order chi connectivity index (χ0) is 22.7. The summed E-state index contributed by atoms with van der Waals surface area (Å²) in [6, 6.07) is 13.8. The van der Waals surface area contributed by atoms with E-state index in [2.05, 4.69) is 0 Å². The highest BCUT2D eigenvalue weighted by Gasteiger charge is 2.43. The minimum Gasteiger partial charge on any atom is -0.507 e. The van der Waals surface area contributed by atoms with Gasteiger partial charge in [0.1, 0.15) is 16.9 Å². The molecule has 1 unspecified atom stereocenters. The minimum absolute atomic E-state index is 0.0935. The number of unbranched alkanes of at least 4 members (excludes halogenated alkanes) is 6. The van der Waals surface area contributed by atoms with Crippen LogP contribution in [0.4, 0.5) is 0 Å². The molecule has 0 fully saturated rings. The van der Waals surface area contributed by atoms with Gasteiger partial charge in [0.2, 0.25) is 0 Å². The van der Waals surface area contributed by atoms with E-state index in [1.165, 1.54) is 13.2 Å². The molecule has 0 aliphatic carbocycles. The lowest BCUT2D eigenvalue weighted by molar-refractivity contribution is -0.142. The molecular weight excluding hydrogens is 396 g/mol. The molecule has 2 aromatic rings. The van der Waals surface area contributed by atoms with Crippen molar-refractivity contribution in [2.24, 2.45) is 0 Å². The molecule has 3 N–H and O–H groups in total. The van der Waals surface area contributed by atoms with Gasteiger partial charge < -0.3 is 20.1 Å². The lowest BCUT2D eigenvalue weighted by Crippen LogP contribution is -2.37. The fourth-order valence-electron chi connectivity index (χ4n) is 4.05. The first-order chi connectivity index (χ1) is 14.9. The number of aromatic hydroxyl groups is 1. The number of rotatable bonds is 14. The largest absolute Gasteiger partial charge is 0.507 e. The van der Waals surface area contributed by atoms with Gasteiger partial charge >= 0.3 is 11.9 Å². The highest BCUT2D eigenvalue weighted by atomic mass is 16.5. The van der Waals surface area contributed by atoms with Gasteiger partial charge in [0.15, 0.2) is 0 Å². The summed E-state index contributed by atoms with van der Waals surface area (Å²) in [7, 11) is 1.50. The number of hydrogen-bond acceptors (Lipinski definition) is 4. The average molecular weight is 429 g/mol. The van der Waals surface area contributed by atoms with Crippen molar-refractivity contribution in [1.82, 2.24) is 0 Å². The molecule has 0 amide bonds. The van der Waals surface area contributed by atoms with E-state index >= 15 is 0 Å². The van der Waals surface area contributed by atoms with Crippen LogP contribution in [-0.4, -0.2) is 34.4 Å². The molecule has 0 radical (unpaired) electrons. The van der Waals surface area contributed by atoms with Crippen LogP contribution in [-0.2, 0) is 15.0 Å². The standard InChI is InChI=1S/C25H32O6/c1-31-20-15-16-21(22(26)18-20)25(24(29)30,19-12-8-7-9-13-19)17-11-6-4-2-3-5-10-14-23(27)28/h7-9,12-13,15-16,18,26H,2-6,10-11,14,17H2,1H3,(H,27,28)(H,29,30). The fraction of sp³-hybridized carbons (Fsp3) is 0.440. The van der Waals surface area contributed by atoms with Gasteiger partial charge in [0.25, 0.3) is 0 Å². The molecule has 2 rings (SSSR count). The van der Waals surface area contributed by atoms with Crippen LogP contribution < -0.4 is 4.74 Å². The zero-order valence-electron chi connectivity index (χ0n) is 18.0. The molecule has 0 bridgehead atoms. The Balaban J connectivity index is 2.11. The van der Waals surface area contributed by atoms with Gasteiger partial charge in [-0.05, 0) is 24.5 Å². The molecule has 0 aliphatic rings. The number of carboxylic acid groups (broad SMARTS) is 2. The van der Waals surface area contributed by atoms with Gasteiger partial charge in [0, 0.05) is 18.1 Å². The predicted octanol–water partition coefficient (Wildman–Crippen LogP) is 5.37. The quantitative estimate of drug-likeness (QED) is 0.350. The van der Waals surface area contributed by atoms with Crippen molar-refractivity contribution >= 4 is 11.9 Å². The molecule has 0 spiro atoms. The summed E-state index contributed by atoms with van der Waals surface area (Å²) in [6.45, 7) is 0. The number of ether oxygens (including phenoxy) is 1. The number of methoxy groups -OCH3 is 1. The number of carbonyl (C=O) groups is 2. The van der Waals surface area contributed by atoms with Crippen molar-refractivity contribution in [3.8, 4) is 11.5 Å². The first-order valence-corrected chi connectivity index (χ1v) is 10.8. The molecule has 0 heterocycles.